The highest BCUT2D eigenvalue weighted by Crippen LogP contribution is 2.27. The molecule has 0 aliphatic heterocycles. The molecule has 4 rings (SSSR count). The van der Waals surface area contributed by atoms with Crippen LogP contribution < -0.4 is 0 Å². The molecule has 0 aromatic heterocycles. The largest absolute Gasteiger partial charge is 0.478 e. The Kier molecular flexibility index (Phi) is 3.51. The zero-order valence-corrected chi connectivity index (χ0v) is 13.1. The van der Waals surface area contributed by atoms with Crippen molar-refractivity contribution in [1.29, 1.82) is 0 Å². The number of hydrogen-bond acceptors (Lipinski definition) is 1. The van der Waals surface area contributed by atoms with E-state index in [1.165, 1.54) is 10.8 Å². The predicted octanol–water partition coefficient (Wildman–Crippen LogP) is 5.28. The first-order valence-electron chi connectivity index (χ1n) is 7.94. The van der Waals surface area contributed by atoms with Crippen LogP contribution in [0.4, 0.5) is 0 Å². The Hall–Kier alpha value is -3.13. The molecule has 4 aromatic carbocycles. The number of carboxylic acids is 1. The van der Waals surface area contributed by atoms with E-state index in [4.69, 9.17) is 0 Å². The average Bonchev–Trinajstić information content (AvgIpc) is 2.61. The lowest BCUT2D eigenvalue weighted by Gasteiger charge is -2.12. The van der Waals surface area contributed by atoms with Crippen molar-refractivity contribution in [2.45, 2.75) is 6.42 Å². The van der Waals surface area contributed by atoms with Gasteiger partial charge in [-0.2, -0.15) is 0 Å². The molecular weight excluding hydrogens is 296 g/mol. The molecule has 0 aliphatic carbocycles. The van der Waals surface area contributed by atoms with E-state index in [1.807, 2.05) is 54.6 Å². The molecule has 0 saturated heterocycles. The Morgan fingerprint density at radius 1 is 0.667 bits per heavy atom. The highest BCUT2D eigenvalue weighted by atomic mass is 16.4. The summed E-state index contributed by atoms with van der Waals surface area (Å²) in [6.45, 7) is 0. The van der Waals surface area contributed by atoms with Crippen LogP contribution in [0.1, 0.15) is 21.5 Å². The first-order valence-corrected chi connectivity index (χ1v) is 7.94. The lowest BCUT2D eigenvalue weighted by atomic mass is 9.92. The van der Waals surface area contributed by atoms with Gasteiger partial charge in [0.1, 0.15) is 0 Å². The van der Waals surface area contributed by atoms with E-state index < -0.39 is 5.97 Å². The van der Waals surface area contributed by atoms with Crippen LogP contribution in [0, 0.1) is 0 Å². The first kappa shape index (κ1) is 14.5. The number of carboxylic acid groups (broad SMARTS) is 1. The summed E-state index contributed by atoms with van der Waals surface area (Å²) < 4.78 is 0. The molecule has 4 aromatic rings. The summed E-state index contributed by atoms with van der Waals surface area (Å²) in [6.07, 6.45) is 0.605. The minimum atomic E-state index is -0.873. The monoisotopic (exact) mass is 312 g/mol. The highest BCUT2D eigenvalue weighted by Gasteiger charge is 2.15. The number of benzene rings is 4. The quantitative estimate of drug-likeness (QED) is 0.558. The van der Waals surface area contributed by atoms with E-state index in [2.05, 4.69) is 24.3 Å². The highest BCUT2D eigenvalue weighted by molar-refractivity contribution is 6.05. The maximum atomic E-state index is 11.9. The summed E-state index contributed by atoms with van der Waals surface area (Å²) in [6, 6.07) is 26.0. The smallest absolute Gasteiger partial charge is 0.336 e. The molecule has 0 fully saturated rings. The van der Waals surface area contributed by atoms with Gasteiger partial charge in [-0.05, 0) is 39.1 Å². The Morgan fingerprint density at radius 3 is 2.04 bits per heavy atom. The molecule has 0 saturated carbocycles. The third kappa shape index (κ3) is 2.42. The predicted molar refractivity (Wildman–Crippen MR) is 97.7 cm³/mol. The van der Waals surface area contributed by atoms with Crippen LogP contribution in [0.5, 0.6) is 0 Å². The van der Waals surface area contributed by atoms with Crippen LogP contribution >= 0.6 is 0 Å². The fourth-order valence-corrected chi connectivity index (χ4v) is 3.37. The summed E-state index contributed by atoms with van der Waals surface area (Å²) in [4.78, 5) is 11.9. The van der Waals surface area contributed by atoms with Crippen LogP contribution in [0.15, 0.2) is 78.9 Å². The van der Waals surface area contributed by atoms with Crippen LogP contribution in [0.2, 0.25) is 0 Å². The molecule has 0 radical (unpaired) electrons. The Balaban J connectivity index is 1.90. The van der Waals surface area contributed by atoms with Crippen molar-refractivity contribution in [1.82, 2.24) is 0 Å². The van der Waals surface area contributed by atoms with Gasteiger partial charge in [0, 0.05) is 0 Å². The molecular formula is C22H16O2. The molecule has 116 valence electrons. The van der Waals surface area contributed by atoms with E-state index in [-0.39, 0.29) is 0 Å². The van der Waals surface area contributed by atoms with Crippen molar-refractivity contribution in [2.24, 2.45) is 0 Å². The van der Waals surface area contributed by atoms with E-state index in [1.54, 1.807) is 0 Å². The van der Waals surface area contributed by atoms with Gasteiger partial charge in [-0.15, -0.1) is 0 Å². The second kappa shape index (κ2) is 5.82. The minimum Gasteiger partial charge on any atom is -0.478 e. The topological polar surface area (TPSA) is 37.3 Å². The normalized spacial score (nSPS) is 11.0. The summed E-state index contributed by atoms with van der Waals surface area (Å²) >= 11 is 0. The van der Waals surface area contributed by atoms with Crippen molar-refractivity contribution in [2.75, 3.05) is 0 Å². The molecule has 1 N–H and O–H groups in total. The van der Waals surface area contributed by atoms with Gasteiger partial charge in [-0.3, -0.25) is 0 Å². The zero-order chi connectivity index (χ0) is 16.5. The van der Waals surface area contributed by atoms with Gasteiger partial charge in [0.25, 0.3) is 0 Å². The Labute approximate surface area is 140 Å². The number of fused-ring (bicyclic) bond motifs is 2. The molecule has 24 heavy (non-hydrogen) atoms. The standard InChI is InChI=1S/C22H16O2/c23-22(24)21-18(13-12-16-7-2-4-11-20(16)21)14-17-9-5-8-15-6-1-3-10-19(15)17/h1-13H,14H2,(H,23,24). The van der Waals surface area contributed by atoms with Crippen LogP contribution in [0.3, 0.4) is 0 Å². The van der Waals surface area contributed by atoms with Crippen molar-refractivity contribution in [3.8, 4) is 0 Å². The van der Waals surface area contributed by atoms with Gasteiger partial charge in [0.05, 0.1) is 5.56 Å². The van der Waals surface area contributed by atoms with Crippen LogP contribution in [-0.2, 0) is 6.42 Å². The number of carbonyl (C=O) groups is 1. The first-order chi connectivity index (χ1) is 11.7. The fraction of sp³-hybridized carbons (Fsp3) is 0.0455. The molecule has 0 heterocycles. The van der Waals surface area contributed by atoms with Crippen LogP contribution in [0.25, 0.3) is 21.5 Å². The minimum absolute atomic E-state index is 0.404. The number of hydrogen-bond donors (Lipinski definition) is 1. The third-order valence-electron chi connectivity index (χ3n) is 4.49. The van der Waals surface area contributed by atoms with Gasteiger partial charge < -0.3 is 5.11 Å². The van der Waals surface area contributed by atoms with Crippen molar-refractivity contribution < 1.29 is 9.90 Å². The summed E-state index contributed by atoms with van der Waals surface area (Å²) in [7, 11) is 0. The van der Waals surface area contributed by atoms with Crippen molar-refractivity contribution >= 4 is 27.5 Å². The van der Waals surface area contributed by atoms with E-state index in [0.29, 0.717) is 12.0 Å². The van der Waals surface area contributed by atoms with E-state index in [9.17, 15) is 9.90 Å². The Morgan fingerprint density at radius 2 is 1.29 bits per heavy atom. The third-order valence-corrected chi connectivity index (χ3v) is 4.49. The van der Waals surface area contributed by atoms with E-state index >= 15 is 0 Å². The second-order valence-corrected chi connectivity index (χ2v) is 5.94. The van der Waals surface area contributed by atoms with Crippen molar-refractivity contribution in [3.05, 3.63) is 95.6 Å². The molecule has 0 aliphatic rings. The zero-order valence-electron chi connectivity index (χ0n) is 13.1. The Bertz CT molecular complexity index is 1060. The lowest BCUT2D eigenvalue weighted by Crippen LogP contribution is -2.04. The fourth-order valence-electron chi connectivity index (χ4n) is 3.37. The molecule has 0 spiro atoms. The average molecular weight is 312 g/mol. The molecule has 0 bridgehead atoms. The lowest BCUT2D eigenvalue weighted by molar-refractivity contribution is 0.0698. The number of rotatable bonds is 3. The van der Waals surface area contributed by atoms with Gasteiger partial charge in [-0.25, -0.2) is 4.79 Å². The maximum Gasteiger partial charge on any atom is 0.336 e. The summed E-state index contributed by atoms with van der Waals surface area (Å²) in [5.41, 5.74) is 2.39. The molecule has 0 amide bonds. The van der Waals surface area contributed by atoms with Gasteiger partial charge in [0.15, 0.2) is 0 Å². The molecule has 0 unspecified atom stereocenters. The second-order valence-electron chi connectivity index (χ2n) is 5.94. The molecule has 2 nitrogen and oxygen atoms in total. The number of aromatic carboxylic acids is 1. The SMILES string of the molecule is O=C(O)c1c(Cc2cccc3ccccc23)ccc2ccccc12. The molecule has 2 heteroatoms. The molecule has 0 atom stereocenters. The summed E-state index contributed by atoms with van der Waals surface area (Å²) in [5, 5.41) is 13.8. The van der Waals surface area contributed by atoms with E-state index in [0.717, 1.165) is 21.9 Å². The van der Waals surface area contributed by atoms with Gasteiger partial charge in [-0.1, -0.05) is 78.9 Å². The van der Waals surface area contributed by atoms with Gasteiger partial charge >= 0.3 is 5.97 Å². The van der Waals surface area contributed by atoms with Crippen LogP contribution in [-0.4, -0.2) is 11.1 Å². The maximum absolute atomic E-state index is 11.9. The summed E-state index contributed by atoms with van der Waals surface area (Å²) in [5.74, 6) is -0.873. The van der Waals surface area contributed by atoms with Gasteiger partial charge in [0.2, 0.25) is 0 Å². The van der Waals surface area contributed by atoms with Crippen molar-refractivity contribution in [3.63, 3.8) is 0 Å².